The van der Waals surface area contributed by atoms with Gasteiger partial charge in [-0.2, -0.15) is 4.98 Å². The van der Waals surface area contributed by atoms with Gasteiger partial charge in [0.25, 0.3) is 5.91 Å². The molecule has 1 aliphatic heterocycles. The number of likely N-dealkylation sites (N-methyl/N-ethyl adjacent to an activating group) is 1. The van der Waals surface area contributed by atoms with Crippen molar-refractivity contribution in [3.05, 3.63) is 26.8 Å². The topological polar surface area (TPSA) is 74.2 Å². The van der Waals surface area contributed by atoms with E-state index in [-0.39, 0.29) is 5.91 Å². The molecular formula is C15H19BrN6OS. The minimum Gasteiger partial charge on any atom is -0.354 e. The summed E-state index contributed by atoms with van der Waals surface area (Å²) in [5, 5.41) is 2.76. The second kappa shape index (κ2) is 7.54. The number of halogens is 1. The average Bonchev–Trinajstić information content (AvgIpc) is 2.94. The van der Waals surface area contributed by atoms with Gasteiger partial charge < -0.3 is 9.80 Å². The third-order valence-electron chi connectivity index (χ3n) is 3.99. The molecule has 0 atom stereocenters. The molecule has 9 heteroatoms. The zero-order chi connectivity index (χ0) is 17.1. The van der Waals surface area contributed by atoms with Gasteiger partial charge >= 0.3 is 0 Å². The molecule has 128 valence electrons. The first-order valence-corrected chi connectivity index (χ1v) is 9.42. The van der Waals surface area contributed by atoms with Gasteiger partial charge in [-0.05, 0) is 35.5 Å². The zero-order valence-corrected chi connectivity index (χ0v) is 16.0. The van der Waals surface area contributed by atoms with Crippen LogP contribution in [0.4, 0.5) is 11.8 Å². The Morgan fingerprint density at radius 2 is 2.08 bits per heavy atom. The molecule has 7 nitrogen and oxygen atoms in total. The Hall–Kier alpha value is -1.58. The number of carbonyl (C=O) groups is 1. The number of hydrogen-bond donors (Lipinski definition) is 1. The van der Waals surface area contributed by atoms with Crippen LogP contribution in [0.25, 0.3) is 0 Å². The number of thiazole rings is 1. The van der Waals surface area contributed by atoms with Crippen molar-refractivity contribution >= 4 is 44.9 Å². The summed E-state index contributed by atoms with van der Waals surface area (Å²) in [6, 6.07) is 1.88. The standard InChI is InChI=1S/C15H19BrN6OS/c1-3-21-6-8-22(9-7-21)11-4-5-17-15(19-11)20-13(23)12-10(2)18-14(16)24-12/h4-5H,3,6-9H2,1-2H3,(H,17,19,20,23). The fourth-order valence-electron chi connectivity index (χ4n) is 2.61. The first-order chi connectivity index (χ1) is 11.6. The van der Waals surface area contributed by atoms with Crippen molar-refractivity contribution in [2.24, 2.45) is 0 Å². The van der Waals surface area contributed by atoms with Gasteiger partial charge in [0.1, 0.15) is 10.7 Å². The van der Waals surface area contributed by atoms with Crippen LogP contribution in [-0.4, -0.2) is 58.5 Å². The van der Waals surface area contributed by atoms with E-state index in [1.54, 1.807) is 13.1 Å². The van der Waals surface area contributed by atoms with E-state index < -0.39 is 0 Å². The highest BCUT2D eigenvalue weighted by Gasteiger charge is 2.19. The van der Waals surface area contributed by atoms with E-state index in [2.05, 4.69) is 52.9 Å². The van der Waals surface area contributed by atoms with Crippen molar-refractivity contribution in [3.63, 3.8) is 0 Å². The largest absolute Gasteiger partial charge is 0.354 e. The highest BCUT2D eigenvalue weighted by atomic mass is 79.9. The molecule has 3 rings (SSSR count). The number of rotatable bonds is 4. The molecule has 3 heterocycles. The Morgan fingerprint density at radius 3 is 2.71 bits per heavy atom. The third kappa shape index (κ3) is 3.90. The fraction of sp³-hybridized carbons (Fsp3) is 0.467. The number of anilines is 2. The van der Waals surface area contributed by atoms with Crippen LogP contribution in [0.15, 0.2) is 16.2 Å². The fourth-order valence-corrected chi connectivity index (χ4v) is 4.05. The van der Waals surface area contributed by atoms with Gasteiger partial charge in [-0.3, -0.25) is 10.1 Å². The Labute approximate surface area is 153 Å². The molecule has 1 fully saturated rings. The molecule has 0 bridgehead atoms. The molecule has 1 N–H and O–H groups in total. The maximum atomic E-state index is 12.4. The lowest BCUT2D eigenvalue weighted by Crippen LogP contribution is -2.46. The van der Waals surface area contributed by atoms with Gasteiger partial charge in [0, 0.05) is 32.4 Å². The van der Waals surface area contributed by atoms with E-state index >= 15 is 0 Å². The maximum Gasteiger partial charge on any atom is 0.270 e. The third-order valence-corrected chi connectivity index (χ3v) is 5.59. The SMILES string of the molecule is CCN1CCN(c2ccnc(NC(=O)c3sc(Br)nc3C)n2)CC1. The van der Waals surface area contributed by atoms with E-state index in [1.807, 2.05) is 6.07 Å². The van der Waals surface area contributed by atoms with E-state index in [0.717, 1.165) is 38.5 Å². The summed E-state index contributed by atoms with van der Waals surface area (Å²) in [6.07, 6.45) is 1.68. The lowest BCUT2D eigenvalue weighted by molar-refractivity contribution is 0.102. The number of hydrogen-bond acceptors (Lipinski definition) is 7. The van der Waals surface area contributed by atoms with E-state index in [9.17, 15) is 4.79 Å². The predicted molar refractivity (Wildman–Crippen MR) is 98.9 cm³/mol. The number of piperazine rings is 1. The summed E-state index contributed by atoms with van der Waals surface area (Å²) >= 11 is 4.60. The minimum atomic E-state index is -0.233. The first kappa shape index (κ1) is 17.2. The molecule has 0 unspecified atom stereocenters. The lowest BCUT2D eigenvalue weighted by Gasteiger charge is -2.34. The monoisotopic (exact) mass is 410 g/mol. The number of aromatic nitrogens is 3. The van der Waals surface area contributed by atoms with Crippen LogP contribution >= 0.6 is 27.3 Å². The maximum absolute atomic E-state index is 12.4. The van der Waals surface area contributed by atoms with E-state index in [4.69, 9.17) is 0 Å². The van der Waals surface area contributed by atoms with Crippen molar-refractivity contribution < 1.29 is 4.79 Å². The molecule has 0 saturated carbocycles. The molecule has 0 aromatic carbocycles. The molecular weight excluding hydrogens is 392 g/mol. The molecule has 24 heavy (non-hydrogen) atoms. The minimum absolute atomic E-state index is 0.233. The van der Waals surface area contributed by atoms with Gasteiger partial charge in [-0.15, -0.1) is 11.3 Å². The molecule has 0 spiro atoms. The van der Waals surface area contributed by atoms with Crippen LogP contribution in [0.3, 0.4) is 0 Å². The summed E-state index contributed by atoms with van der Waals surface area (Å²) in [6.45, 7) is 8.96. The summed E-state index contributed by atoms with van der Waals surface area (Å²) in [5.41, 5.74) is 0.691. The molecule has 1 saturated heterocycles. The van der Waals surface area contributed by atoms with Crippen molar-refractivity contribution in [1.82, 2.24) is 19.9 Å². The van der Waals surface area contributed by atoms with Crippen molar-refractivity contribution in [2.75, 3.05) is 42.9 Å². The van der Waals surface area contributed by atoms with Gasteiger partial charge in [0.05, 0.1) is 5.69 Å². The second-order valence-electron chi connectivity index (χ2n) is 5.50. The Kier molecular flexibility index (Phi) is 5.42. The van der Waals surface area contributed by atoms with E-state index in [0.29, 0.717) is 20.4 Å². The molecule has 1 aliphatic rings. The zero-order valence-electron chi connectivity index (χ0n) is 13.6. The van der Waals surface area contributed by atoms with Gasteiger partial charge in [-0.1, -0.05) is 6.92 Å². The lowest BCUT2D eigenvalue weighted by atomic mass is 10.3. The van der Waals surface area contributed by atoms with Crippen LogP contribution in [0, 0.1) is 6.92 Å². The Balaban J connectivity index is 1.69. The molecule has 2 aromatic heterocycles. The Morgan fingerprint density at radius 1 is 1.33 bits per heavy atom. The van der Waals surface area contributed by atoms with Gasteiger partial charge in [0.15, 0.2) is 3.92 Å². The number of carbonyl (C=O) groups excluding carboxylic acids is 1. The van der Waals surface area contributed by atoms with E-state index in [1.165, 1.54) is 11.3 Å². The smallest absolute Gasteiger partial charge is 0.270 e. The van der Waals surface area contributed by atoms with Crippen molar-refractivity contribution in [1.29, 1.82) is 0 Å². The summed E-state index contributed by atoms with van der Waals surface area (Å²) in [7, 11) is 0. The highest BCUT2D eigenvalue weighted by molar-refractivity contribution is 9.11. The summed E-state index contributed by atoms with van der Waals surface area (Å²) < 4.78 is 0.689. The van der Waals surface area contributed by atoms with Crippen LogP contribution in [0.2, 0.25) is 0 Å². The van der Waals surface area contributed by atoms with Crippen LogP contribution in [-0.2, 0) is 0 Å². The van der Waals surface area contributed by atoms with Crippen LogP contribution in [0.1, 0.15) is 22.3 Å². The molecule has 0 radical (unpaired) electrons. The van der Waals surface area contributed by atoms with Gasteiger partial charge in [-0.25, -0.2) is 9.97 Å². The molecule has 2 aromatic rings. The number of aryl methyl sites for hydroxylation is 1. The summed E-state index contributed by atoms with van der Waals surface area (Å²) in [4.78, 5) is 30.4. The first-order valence-electron chi connectivity index (χ1n) is 7.81. The Bertz CT molecular complexity index is 729. The second-order valence-corrected chi connectivity index (χ2v) is 7.77. The quantitative estimate of drug-likeness (QED) is 0.833. The summed E-state index contributed by atoms with van der Waals surface area (Å²) in [5.74, 6) is 0.932. The van der Waals surface area contributed by atoms with Gasteiger partial charge in [0.2, 0.25) is 5.95 Å². The molecule has 0 aliphatic carbocycles. The number of nitrogens with zero attached hydrogens (tertiary/aromatic N) is 5. The number of amides is 1. The molecule has 1 amide bonds. The average molecular weight is 411 g/mol. The van der Waals surface area contributed by atoms with Crippen molar-refractivity contribution in [2.45, 2.75) is 13.8 Å². The highest BCUT2D eigenvalue weighted by Crippen LogP contribution is 2.23. The number of nitrogens with one attached hydrogen (secondary N) is 1. The normalized spacial score (nSPS) is 15.5. The predicted octanol–water partition coefficient (Wildman–Crippen LogP) is 2.40. The van der Waals surface area contributed by atoms with Crippen molar-refractivity contribution in [3.8, 4) is 0 Å². The van der Waals surface area contributed by atoms with Crippen LogP contribution < -0.4 is 10.2 Å². The van der Waals surface area contributed by atoms with Crippen LogP contribution in [0.5, 0.6) is 0 Å².